The van der Waals surface area contributed by atoms with Gasteiger partial charge in [-0.3, -0.25) is 4.79 Å². The van der Waals surface area contributed by atoms with E-state index >= 15 is 0 Å². The minimum Gasteiger partial charge on any atom is -0.478 e. The van der Waals surface area contributed by atoms with E-state index in [0.29, 0.717) is 18.9 Å². The summed E-state index contributed by atoms with van der Waals surface area (Å²) in [6, 6.07) is 24.8. The molecule has 1 atom stereocenters. The van der Waals surface area contributed by atoms with Gasteiger partial charge in [-0.2, -0.15) is 0 Å². The number of amides is 1. The van der Waals surface area contributed by atoms with Crippen molar-refractivity contribution in [1.29, 1.82) is 0 Å². The van der Waals surface area contributed by atoms with Gasteiger partial charge in [0.1, 0.15) is 10.8 Å². The lowest BCUT2D eigenvalue weighted by molar-refractivity contribution is -0.126. The van der Waals surface area contributed by atoms with Gasteiger partial charge < -0.3 is 9.64 Å². The van der Waals surface area contributed by atoms with E-state index in [4.69, 9.17) is 9.72 Å². The number of benzene rings is 3. The fourth-order valence-corrected chi connectivity index (χ4v) is 5.05. The summed E-state index contributed by atoms with van der Waals surface area (Å²) in [5, 5.41) is 3.05. The second-order valence-electron chi connectivity index (χ2n) is 8.92. The lowest BCUT2D eigenvalue weighted by atomic mass is 10.0. The van der Waals surface area contributed by atoms with Crippen molar-refractivity contribution in [3.63, 3.8) is 0 Å². The smallest absolute Gasteiger partial charge is 0.268 e. The van der Waals surface area contributed by atoms with Crippen LogP contribution in [0.15, 0.2) is 78.2 Å². The number of carbonyl (C=O) groups is 1. The van der Waals surface area contributed by atoms with Crippen LogP contribution in [0.3, 0.4) is 0 Å². The molecule has 4 nitrogen and oxygen atoms in total. The molecule has 5 heteroatoms. The molecule has 0 saturated heterocycles. The number of thiazole rings is 1. The molecule has 0 fully saturated rings. The van der Waals surface area contributed by atoms with Crippen LogP contribution in [0, 0.1) is 0 Å². The standard InChI is InChI=1S/C29H28N2O2S/c1-4-26-29(32)31(17-20-10-12-21(13-11-20)19(2)3)25-16-23(14-15-27(25)33-26)24-18-34-28(30-24)22-8-6-5-7-9-22/h5-16,18-19,26H,4,17H2,1-3H3. The Labute approximate surface area is 204 Å². The monoisotopic (exact) mass is 468 g/mol. The third kappa shape index (κ3) is 4.36. The van der Waals surface area contributed by atoms with Crippen LogP contribution < -0.4 is 9.64 Å². The van der Waals surface area contributed by atoms with Gasteiger partial charge in [-0.15, -0.1) is 11.3 Å². The maximum absolute atomic E-state index is 13.3. The molecule has 34 heavy (non-hydrogen) atoms. The molecular weight excluding hydrogens is 440 g/mol. The van der Waals surface area contributed by atoms with Crippen LogP contribution in [-0.4, -0.2) is 17.0 Å². The van der Waals surface area contributed by atoms with Crippen LogP contribution in [0.2, 0.25) is 0 Å². The van der Waals surface area contributed by atoms with Gasteiger partial charge in [0, 0.05) is 16.5 Å². The number of carbonyl (C=O) groups excluding carboxylic acids is 1. The van der Waals surface area contributed by atoms with Crippen molar-refractivity contribution in [2.45, 2.75) is 45.8 Å². The first-order valence-electron chi connectivity index (χ1n) is 11.8. The molecular formula is C29H28N2O2S. The molecule has 1 aliphatic heterocycles. The van der Waals surface area contributed by atoms with Crippen LogP contribution in [0.25, 0.3) is 21.8 Å². The Bertz CT molecular complexity index is 1300. The van der Waals surface area contributed by atoms with Crippen LogP contribution in [0.5, 0.6) is 5.75 Å². The molecule has 1 aliphatic rings. The zero-order valence-corrected chi connectivity index (χ0v) is 20.5. The summed E-state index contributed by atoms with van der Waals surface area (Å²) in [7, 11) is 0. The van der Waals surface area contributed by atoms with Gasteiger partial charge in [0.15, 0.2) is 6.10 Å². The average molecular weight is 469 g/mol. The highest BCUT2D eigenvalue weighted by molar-refractivity contribution is 7.13. The number of ether oxygens (including phenoxy) is 1. The quantitative estimate of drug-likeness (QED) is 0.298. The maximum atomic E-state index is 13.3. The molecule has 0 radical (unpaired) electrons. The summed E-state index contributed by atoms with van der Waals surface area (Å²) in [6.45, 7) is 6.87. The van der Waals surface area contributed by atoms with E-state index in [9.17, 15) is 4.79 Å². The Balaban J connectivity index is 1.49. The van der Waals surface area contributed by atoms with Crippen LogP contribution in [-0.2, 0) is 11.3 Å². The van der Waals surface area contributed by atoms with Crippen molar-refractivity contribution >= 4 is 22.9 Å². The summed E-state index contributed by atoms with van der Waals surface area (Å²) >= 11 is 1.62. The van der Waals surface area contributed by atoms with Gasteiger partial charge in [-0.25, -0.2) is 4.98 Å². The first-order valence-corrected chi connectivity index (χ1v) is 12.6. The fraction of sp³-hybridized carbons (Fsp3) is 0.241. The van der Waals surface area contributed by atoms with Crippen molar-refractivity contribution in [3.05, 3.63) is 89.3 Å². The summed E-state index contributed by atoms with van der Waals surface area (Å²) in [5.74, 6) is 1.22. The van der Waals surface area contributed by atoms with E-state index < -0.39 is 6.10 Å². The second-order valence-corrected chi connectivity index (χ2v) is 9.78. The Morgan fingerprint density at radius 1 is 1.00 bits per heavy atom. The van der Waals surface area contributed by atoms with E-state index in [2.05, 4.69) is 55.6 Å². The third-order valence-corrected chi connectivity index (χ3v) is 7.13. The number of rotatable bonds is 6. The van der Waals surface area contributed by atoms with E-state index in [1.807, 2.05) is 48.2 Å². The molecule has 1 amide bonds. The predicted octanol–water partition coefficient (Wildman–Crippen LogP) is 7.30. The van der Waals surface area contributed by atoms with Crippen molar-refractivity contribution in [1.82, 2.24) is 4.98 Å². The van der Waals surface area contributed by atoms with Gasteiger partial charge in [0.05, 0.1) is 17.9 Å². The van der Waals surface area contributed by atoms with Crippen LogP contribution in [0.4, 0.5) is 5.69 Å². The van der Waals surface area contributed by atoms with Crippen LogP contribution in [0.1, 0.15) is 44.2 Å². The first kappa shape index (κ1) is 22.4. The maximum Gasteiger partial charge on any atom is 0.268 e. The molecule has 2 heterocycles. The minimum atomic E-state index is -0.461. The molecule has 0 bridgehead atoms. The van der Waals surface area contributed by atoms with Crippen molar-refractivity contribution in [2.24, 2.45) is 0 Å². The molecule has 0 saturated carbocycles. The van der Waals surface area contributed by atoms with Gasteiger partial charge in [0.2, 0.25) is 0 Å². The SMILES string of the molecule is CCC1Oc2ccc(-c3csc(-c4ccccc4)n3)cc2N(Cc2ccc(C(C)C)cc2)C1=O. The second kappa shape index (κ2) is 9.43. The molecule has 0 aliphatic carbocycles. The number of nitrogens with zero attached hydrogens (tertiary/aromatic N) is 2. The number of anilines is 1. The van der Waals surface area contributed by atoms with Crippen molar-refractivity contribution in [2.75, 3.05) is 4.90 Å². The zero-order valence-electron chi connectivity index (χ0n) is 19.7. The van der Waals surface area contributed by atoms with Gasteiger partial charge >= 0.3 is 0 Å². The van der Waals surface area contributed by atoms with E-state index in [0.717, 1.165) is 38.8 Å². The van der Waals surface area contributed by atoms with Crippen molar-refractivity contribution < 1.29 is 9.53 Å². The highest BCUT2D eigenvalue weighted by Gasteiger charge is 2.33. The van der Waals surface area contributed by atoms with E-state index in [-0.39, 0.29) is 5.91 Å². The number of fused-ring (bicyclic) bond motifs is 1. The topological polar surface area (TPSA) is 42.4 Å². The molecule has 0 spiro atoms. The minimum absolute atomic E-state index is 0.00309. The number of aromatic nitrogens is 1. The Morgan fingerprint density at radius 3 is 2.47 bits per heavy atom. The fourth-order valence-electron chi connectivity index (χ4n) is 4.21. The molecule has 0 N–H and O–H groups in total. The number of hydrogen-bond donors (Lipinski definition) is 0. The van der Waals surface area contributed by atoms with Crippen LogP contribution >= 0.6 is 11.3 Å². The zero-order chi connectivity index (χ0) is 23.7. The molecule has 172 valence electrons. The molecule has 1 unspecified atom stereocenters. The normalized spacial score (nSPS) is 15.4. The van der Waals surface area contributed by atoms with Crippen molar-refractivity contribution in [3.8, 4) is 27.6 Å². The molecule has 5 rings (SSSR count). The van der Waals surface area contributed by atoms with E-state index in [1.54, 1.807) is 11.3 Å². The summed E-state index contributed by atoms with van der Waals surface area (Å²) in [4.78, 5) is 20.0. The third-order valence-electron chi connectivity index (χ3n) is 6.24. The van der Waals surface area contributed by atoms with E-state index in [1.165, 1.54) is 5.56 Å². The summed E-state index contributed by atoms with van der Waals surface area (Å²) < 4.78 is 6.07. The first-order chi connectivity index (χ1) is 16.5. The lowest BCUT2D eigenvalue weighted by Crippen LogP contribution is -2.45. The number of hydrogen-bond acceptors (Lipinski definition) is 4. The summed E-state index contributed by atoms with van der Waals surface area (Å²) in [6.07, 6.45) is 0.173. The van der Waals surface area contributed by atoms with Gasteiger partial charge in [-0.1, -0.05) is 75.4 Å². The Kier molecular flexibility index (Phi) is 6.20. The molecule has 1 aromatic heterocycles. The Hall–Kier alpha value is -3.44. The Morgan fingerprint density at radius 2 is 1.76 bits per heavy atom. The summed E-state index contributed by atoms with van der Waals surface area (Å²) in [5.41, 5.74) is 6.18. The highest BCUT2D eigenvalue weighted by atomic mass is 32.1. The highest BCUT2D eigenvalue weighted by Crippen LogP contribution is 2.39. The predicted molar refractivity (Wildman–Crippen MR) is 139 cm³/mol. The lowest BCUT2D eigenvalue weighted by Gasteiger charge is -2.34. The largest absolute Gasteiger partial charge is 0.478 e. The molecule has 4 aromatic rings. The van der Waals surface area contributed by atoms with Gasteiger partial charge in [0.25, 0.3) is 5.91 Å². The van der Waals surface area contributed by atoms with Gasteiger partial charge in [-0.05, 0) is 41.7 Å². The average Bonchev–Trinajstić information content (AvgIpc) is 3.36. The molecule has 3 aromatic carbocycles.